The van der Waals surface area contributed by atoms with E-state index in [-0.39, 0.29) is 30.8 Å². The molecule has 0 saturated carbocycles. The zero-order chi connectivity index (χ0) is 26.6. The third-order valence-electron chi connectivity index (χ3n) is 6.62. The van der Waals surface area contributed by atoms with Crippen molar-refractivity contribution >= 4 is 17.8 Å². The van der Waals surface area contributed by atoms with E-state index in [1.807, 2.05) is 19.0 Å². The number of hydrogen-bond donors (Lipinski definition) is 2. The number of aliphatic carboxylic acids is 1. The van der Waals surface area contributed by atoms with Gasteiger partial charge >= 0.3 is 5.97 Å². The number of likely N-dealkylation sites (tertiary alicyclic amines) is 1. The fourth-order valence-electron chi connectivity index (χ4n) is 4.54. The minimum absolute atomic E-state index is 0.0750. The number of nitrogens with zero attached hydrogens (tertiary/aromatic N) is 2. The lowest BCUT2D eigenvalue weighted by Gasteiger charge is -2.21. The van der Waals surface area contributed by atoms with Crippen LogP contribution < -0.4 is 5.32 Å². The third kappa shape index (κ3) is 15.1. The van der Waals surface area contributed by atoms with E-state index in [9.17, 15) is 19.5 Å². The monoisotopic (exact) mass is 505 g/mol. The molecule has 0 aromatic carbocycles. The lowest BCUT2D eigenvalue weighted by atomic mass is 10.1. The number of allylic oxidation sites excluding steroid dienone is 4. The van der Waals surface area contributed by atoms with Crippen LogP contribution in [0.15, 0.2) is 24.3 Å². The molecule has 1 saturated heterocycles. The van der Waals surface area contributed by atoms with Gasteiger partial charge in [0.2, 0.25) is 11.8 Å². The molecule has 0 aliphatic carbocycles. The zero-order valence-electron chi connectivity index (χ0n) is 23.1. The SMILES string of the molecule is CCCCCC=CCC=CCCCCCCCC(=O)N1C[C@H](NC(=O)CCCN(C)C)C[C@H]1C(=O)O. The molecule has 0 bridgehead atoms. The molecule has 0 aromatic heterocycles. The molecular weight excluding hydrogens is 454 g/mol. The zero-order valence-corrected chi connectivity index (χ0v) is 23.1. The fourth-order valence-corrected chi connectivity index (χ4v) is 4.54. The van der Waals surface area contributed by atoms with Crippen LogP contribution >= 0.6 is 0 Å². The van der Waals surface area contributed by atoms with Crippen LogP contribution in [0.1, 0.15) is 103 Å². The minimum atomic E-state index is -0.993. The van der Waals surface area contributed by atoms with Gasteiger partial charge in [-0.25, -0.2) is 4.79 Å². The molecule has 1 rings (SSSR count). The Morgan fingerprint density at radius 3 is 2.17 bits per heavy atom. The fraction of sp³-hybridized carbons (Fsp3) is 0.759. The molecule has 7 nitrogen and oxygen atoms in total. The van der Waals surface area contributed by atoms with E-state index in [0.29, 0.717) is 12.8 Å². The number of rotatable bonds is 20. The Kier molecular flexibility index (Phi) is 17.7. The van der Waals surface area contributed by atoms with E-state index in [1.165, 1.54) is 30.6 Å². The summed E-state index contributed by atoms with van der Waals surface area (Å²) >= 11 is 0. The highest BCUT2D eigenvalue weighted by atomic mass is 16.4. The van der Waals surface area contributed by atoms with E-state index >= 15 is 0 Å². The Balaban J connectivity index is 2.18. The Hall–Kier alpha value is -2.15. The number of carboxylic acid groups (broad SMARTS) is 1. The maximum Gasteiger partial charge on any atom is 0.326 e. The summed E-state index contributed by atoms with van der Waals surface area (Å²) < 4.78 is 0. The van der Waals surface area contributed by atoms with Gasteiger partial charge in [0.1, 0.15) is 6.04 Å². The summed E-state index contributed by atoms with van der Waals surface area (Å²) in [5.74, 6) is -1.18. The highest BCUT2D eigenvalue weighted by Gasteiger charge is 2.39. The number of unbranched alkanes of at least 4 members (excludes halogenated alkanes) is 8. The van der Waals surface area contributed by atoms with Crippen molar-refractivity contribution in [3.8, 4) is 0 Å². The first-order valence-corrected chi connectivity index (χ1v) is 14.1. The van der Waals surface area contributed by atoms with E-state index < -0.39 is 12.0 Å². The summed E-state index contributed by atoms with van der Waals surface area (Å²) in [5, 5.41) is 12.5. The number of hydrogen-bond acceptors (Lipinski definition) is 4. The normalized spacial score (nSPS) is 18.1. The molecule has 206 valence electrons. The van der Waals surface area contributed by atoms with Gasteiger partial charge < -0.3 is 20.2 Å². The molecule has 2 atom stereocenters. The number of carbonyl (C=O) groups excluding carboxylic acids is 2. The Bertz CT molecular complexity index is 690. The van der Waals surface area contributed by atoms with Gasteiger partial charge in [-0.05, 0) is 65.6 Å². The second-order valence-electron chi connectivity index (χ2n) is 10.3. The van der Waals surface area contributed by atoms with Gasteiger partial charge in [0.25, 0.3) is 0 Å². The first-order chi connectivity index (χ1) is 17.3. The first-order valence-electron chi connectivity index (χ1n) is 14.1. The first kappa shape index (κ1) is 31.9. The predicted molar refractivity (Wildman–Crippen MR) is 147 cm³/mol. The van der Waals surface area contributed by atoms with Crippen LogP contribution in [0.4, 0.5) is 0 Å². The minimum Gasteiger partial charge on any atom is -0.480 e. The van der Waals surface area contributed by atoms with Crippen LogP contribution in [0, 0.1) is 0 Å². The predicted octanol–water partition coefficient (Wildman–Crippen LogP) is 5.31. The van der Waals surface area contributed by atoms with Crippen molar-refractivity contribution in [1.82, 2.24) is 15.1 Å². The largest absolute Gasteiger partial charge is 0.480 e. The average molecular weight is 506 g/mol. The molecule has 1 heterocycles. The van der Waals surface area contributed by atoms with E-state index in [1.54, 1.807) is 0 Å². The summed E-state index contributed by atoms with van der Waals surface area (Å²) in [6.45, 7) is 3.34. The van der Waals surface area contributed by atoms with Crippen molar-refractivity contribution in [2.75, 3.05) is 27.2 Å². The van der Waals surface area contributed by atoms with Crippen LogP contribution in [-0.2, 0) is 14.4 Å². The van der Waals surface area contributed by atoms with Gasteiger partial charge in [-0.15, -0.1) is 0 Å². The Labute approximate surface area is 219 Å². The van der Waals surface area contributed by atoms with Crippen molar-refractivity contribution in [2.45, 2.75) is 115 Å². The van der Waals surface area contributed by atoms with Crippen LogP contribution in [0.2, 0.25) is 0 Å². The molecule has 1 aliphatic heterocycles. The molecule has 0 spiro atoms. The number of amides is 2. The maximum absolute atomic E-state index is 12.7. The van der Waals surface area contributed by atoms with Crippen LogP contribution in [0.3, 0.4) is 0 Å². The quantitative estimate of drug-likeness (QED) is 0.173. The van der Waals surface area contributed by atoms with Gasteiger partial charge in [-0.3, -0.25) is 9.59 Å². The Morgan fingerprint density at radius 1 is 0.889 bits per heavy atom. The van der Waals surface area contributed by atoms with Crippen molar-refractivity contribution in [2.24, 2.45) is 0 Å². The molecular formula is C29H51N3O4. The summed E-state index contributed by atoms with van der Waals surface area (Å²) in [6, 6.07) is -1.13. The second kappa shape index (κ2) is 20.0. The van der Waals surface area contributed by atoms with Crippen molar-refractivity contribution in [3.05, 3.63) is 24.3 Å². The molecule has 36 heavy (non-hydrogen) atoms. The third-order valence-corrected chi connectivity index (χ3v) is 6.62. The van der Waals surface area contributed by atoms with Gasteiger partial charge in [0.15, 0.2) is 0 Å². The van der Waals surface area contributed by atoms with Crippen LogP contribution in [0.5, 0.6) is 0 Å². The lowest BCUT2D eigenvalue weighted by Crippen LogP contribution is -2.41. The van der Waals surface area contributed by atoms with Crippen molar-refractivity contribution in [3.63, 3.8) is 0 Å². The molecule has 0 radical (unpaired) electrons. The van der Waals surface area contributed by atoms with Crippen LogP contribution in [0.25, 0.3) is 0 Å². The van der Waals surface area contributed by atoms with Crippen LogP contribution in [-0.4, -0.2) is 72.0 Å². The summed E-state index contributed by atoms with van der Waals surface area (Å²) in [7, 11) is 3.92. The number of carbonyl (C=O) groups is 3. The molecule has 7 heteroatoms. The molecule has 0 unspecified atom stereocenters. The van der Waals surface area contributed by atoms with E-state index in [0.717, 1.165) is 57.9 Å². The summed E-state index contributed by atoms with van der Waals surface area (Å²) in [6.07, 6.45) is 23.2. The van der Waals surface area contributed by atoms with Gasteiger partial charge in [-0.2, -0.15) is 0 Å². The molecule has 1 aliphatic rings. The highest BCUT2D eigenvalue weighted by molar-refractivity contribution is 5.85. The van der Waals surface area contributed by atoms with Gasteiger partial charge in [-0.1, -0.05) is 63.3 Å². The highest BCUT2D eigenvalue weighted by Crippen LogP contribution is 2.21. The molecule has 2 N–H and O–H groups in total. The summed E-state index contributed by atoms with van der Waals surface area (Å²) in [4.78, 5) is 40.0. The van der Waals surface area contributed by atoms with Crippen molar-refractivity contribution < 1.29 is 19.5 Å². The van der Waals surface area contributed by atoms with Gasteiger partial charge in [0, 0.05) is 31.8 Å². The molecule has 0 aromatic rings. The van der Waals surface area contributed by atoms with Gasteiger partial charge in [0.05, 0.1) is 0 Å². The standard InChI is InChI=1S/C29H51N3O4/c1-4-5-6-7-8-9-10-11-12-13-14-15-16-17-18-21-28(34)32-24-25(23-26(32)29(35)36)30-27(33)20-19-22-31(2)3/h8-9,11-12,25-26H,4-7,10,13-24H2,1-3H3,(H,30,33)(H,35,36)/t25-,26+/m1/s1. The average Bonchev–Trinajstić information content (AvgIpc) is 3.25. The molecule has 2 amide bonds. The smallest absolute Gasteiger partial charge is 0.326 e. The second-order valence-corrected chi connectivity index (χ2v) is 10.3. The lowest BCUT2D eigenvalue weighted by molar-refractivity contribution is -0.148. The number of carboxylic acids is 1. The Morgan fingerprint density at radius 2 is 1.53 bits per heavy atom. The van der Waals surface area contributed by atoms with E-state index in [4.69, 9.17) is 0 Å². The summed E-state index contributed by atoms with van der Waals surface area (Å²) in [5.41, 5.74) is 0. The number of nitrogens with one attached hydrogen (secondary N) is 1. The topological polar surface area (TPSA) is 90.0 Å². The maximum atomic E-state index is 12.7. The van der Waals surface area contributed by atoms with E-state index in [2.05, 4.69) is 36.5 Å². The van der Waals surface area contributed by atoms with Crippen molar-refractivity contribution in [1.29, 1.82) is 0 Å². The molecule has 1 fully saturated rings.